The first-order chi connectivity index (χ1) is 24.7. The van der Waals surface area contributed by atoms with Gasteiger partial charge in [0.05, 0.1) is 17.3 Å². The summed E-state index contributed by atoms with van der Waals surface area (Å²) < 4.78 is 12.8. The van der Waals surface area contributed by atoms with Crippen LogP contribution in [0.1, 0.15) is 138 Å². The van der Waals surface area contributed by atoms with Crippen molar-refractivity contribution < 1.29 is 28.6 Å². The highest BCUT2D eigenvalue weighted by Gasteiger charge is 2.71. The number of nitrogens with zero attached hydrogens (tertiary/aromatic N) is 2. The molecule has 5 aliphatic rings. The molecule has 0 bridgehead atoms. The van der Waals surface area contributed by atoms with Gasteiger partial charge >= 0.3 is 11.9 Å². The summed E-state index contributed by atoms with van der Waals surface area (Å²) in [5.41, 5.74) is 2.21. The summed E-state index contributed by atoms with van der Waals surface area (Å²) in [6.45, 7) is 23.6. The largest absolute Gasteiger partial charge is 0.481 e. The number of hydrogen-bond acceptors (Lipinski definition) is 7. The molecule has 5 aliphatic carbocycles. The van der Waals surface area contributed by atoms with E-state index in [4.69, 9.17) is 14.3 Å². The van der Waals surface area contributed by atoms with E-state index in [1.807, 2.05) is 30.3 Å². The fourth-order valence-electron chi connectivity index (χ4n) is 13.0. The fraction of sp³-hybridized carbons (Fsp3) is 0.667. The second kappa shape index (κ2) is 12.5. The topological polar surface area (TPSA) is 120 Å². The number of Topliss-reactive ketones (excluding diaryl/α,β-unsaturated/α-hetero) is 1. The molecule has 8 nitrogen and oxygen atoms in total. The van der Waals surface area contributed by atoms with Crippen LogP contribution in [0.2, 0.25) is 0 Å². The first-order valence-corrected chi connectivity index (χ1v) is 20.0. The first-order valence-electron chi connectivity index (χ1n) is 20.0. The number of aromatic nitrogens is 2. The average Bonchev–Trinajstić information content (AvgIpc) is 3.70. The fourth-order valence-corrected chi connectivity index (χ4v) is 13.0. The molecule has 8 heteroatoms. The number of benzene rings is 1. The zero-order valence-electron chi connectivity index (χ0n) is 33.4. The Hall–Kier alpha value is -3.55. The van der Waals surface area contributed by atoms with Crippen molar-refractivity contribution in [3.05, 3.63) is 53.4 Å². The van der Waals surface area contributed by atoms with Crippen LogP contribution in [0.15, 0.2) is 46.4 Å². The van der Waals surface area contributed by atoms with E-state index in [0.717, 1.165) is 68.1 Å². The quantitative estimate of drug-likeness (QED) is 0.267. The highest BCUT2D eigenvalue weighted by Crippen LogP contribution is 2.76. The van der Waals surface area contributed by atoms with Crippen molar-refractivity contribution in [3.8, 4) is 11.5 Å². The summed E-state index contributed by atoms with van der Waals surface area (Å²) in [4.78, 5) is 39.0. The van der Waals surface area contributed by atoms with Gasteiger partial charge in [0.15, 0.2) is 5.78 Å². The minimum atomic E-state index is -1.17. The number of carboxylic acid groups (broad SMARTS) is 1. The van der Waals surface area contributed by atoms with Gasteiger partial charge in [-0.3, -0.25) is 14.4 Å². The van der Waals surface area contributed by atoms with Gasteiger partial charge in [0, 0.05) is 17.4 Å². The summed E-state index contributed by atoms with van der Waals surface area (Å²) in [5.74, 6) is 1.08. The number of carbonyl (C=O) groups excluding carboxylic acids is 2. The lowest BCUT2D eigenvalue weighted by Gasteiger charge is -2.72. The third-order valence-electron chi connectivity index (χ3n) is 16.0. The number of esters is 1. The zero-order chi connectivity index (χ0) is 38.5. The molecule has 286 valence electrons. The smallest absolute Gasteiger partial charge is 0.309 e. The van der Waals surface area contributed by atoms with Crippen LogP contribution in [0.25, 0.3) is 17.5 Å². The van der Waals surface area contributed by atoms with Gasteiger partial charge < -0.3 is 14.3 Å². The zero-order valence-corrected chi connectivity index (χ0v) is 33.4. The molecular weight excluding hydrogens is 665 g/mol. The Labute approximate surface area is 315 Å². The predicted molar refractivity (Wildman–Crippen MR) is 204 cm³/mol. The van der Waals surface area contributed by atoms with Gasteiger partial charge in [-0.2, -0.15) is 0 Å². The third-order valence-corrected chi connectivity index (χ3v) is 16.0. The van der Waals surface area contributed by atoms with Gasteiger partial charge in [-0.05, 0) is 134 Å². The molecule has 1 aromatic heterocycles. The van der Waals surface area contributed by atoms with Crippen LogP contribution in [0.3, 0.4) is 0 Å². The van der Waals surface area contributed by atoms with Crippen molar-refractivity contribution in [1.29, 1.82) is 0 Å². The monoisotopic (exact) mass is 724 g/mol. The standard InChI is InChI=1S/C45H60N2O6/c1-11-27-13-12-14-28(23-27)37-46-47-38(53-37)45-22-21-43(9)29(36(45)35(26(2)3)30(48)24-45)15-16-32-42(8)19-18-33(52-34(49)25-40(4,5)39(50)51)41(6,7)31(42)17-20-44(32,43)10/h11-14,23,26,29,31-33H,1,15-22,24-25H2,2-10H3,(H,50,51)/t29-,31+,32-,33+,42?,43-,44?,45-/m1/s1. The Morgan fingerprint density at radius 1 is 1.00 bits per heavy atom. The number of aliphatic carboxylic acids is 1. The molecule has 2 unspecified atom stereocenters. The van der Waals surface area contributed by atoms with Gasteiger partial charge in [-0.1, -0.05) is 73.3 Å². The van der Waals surface area contributed by atoms with Crippen LogP contribution in [0.4, 0.5) is 0 Å². The minimum Gasteiger partial charge on any atom is -0.481 e. The van der Waals surface area contributed by atoms with Crippen molar-refractivity contribution in [2.75, 3.05) is 0 Å². The summed E-state index contributed by atoms with van der Waals surface area (Å²) in [5, 5.41) is 18.9. The number of rotatable bonds is 8. The van der Waals surface area contributed by atoms with Crippen molar-refractivity contribution in [1.82, 2.24) is 10.2 Å². The number of ether oxygens (including phenoxy) is 1. The second-order valence-corrected chi connectivity index (χ2v) is 19.7. The first kappa shape index (κ1) is 37.8. The van der Waals surface area contributed by atoms with Crippen molar-refractivity contribution in [2.24, 2.45) is 50.7 Å². The molecule has 4 saturated carbocycles. The van der Waals surface area contributed by atoms with E-state index >= 15 is 0 Å². The van der Waals surface area contributed by atoms with Crippen molar-refractivity contribution in [3.63, 3.8) is 0 Å². The minimum absolute atomic E-state index is 0.0233. The average molecular weight is 725 g/mol. The van der Waals surface area contributed by atoms with Gasteiger partial charge in [-0.25, -0.2) is 0 Å². The summed E-state index contributed by atoms with van der Waals surface area (Å²) in [6, 6.07) is 7.96. The van der Waals surface area contributed by atoms with Gasteiger partial charge in [0.2, 0.25) is 11.8 Å². The molecule has 0 aliphatic heterocycles. The Bertz CT molecular complexity index is 1890. The Morgan fingerprint density at radius 3 is 2.42 bits per heavy atom. The van der Waals surface area contributed by atoms with E-state index in [0.29, 0.717) is 30.0 Å². The Kier molecular flexibility index (Phi) is 8.90. The van der Waals surface area contributed by atoms with Crippen LogP contribution in [-0.2, 0) is 24.5 Å². The van der Waals surface area contributed by atoms with Crippen LogP contribution in [-0.4, -0.2) is 39.1 Å². The third kappa shape index (κ3) is 5.45. The molecule has 53 heavy (non-hydrogen) atoms. The number of carbonyl (C=O) groups is 3. The molecule has 8 atom stereocenters. The Balaban J connectivity index is 1.21. The summed E-state index contributed by atoms with van der Waals surface area (Å²) in [7, 11) is 0. The molecule has 0 radical (unpaired) electrons. The highest BCUT2D eigenvalue weighted by molar-refractivity contribution is 6.01. The van der Waals surface area contributed by atoms with Crippen LogP contribution >= 0.6 is 0 Å². The molecule has 0 saturated heterocycles. The lowest BCUT2D eigenvalue weighted by atomic mass is 9.33. The van der Waals surface area contributed by atoms with Crippen molar-refractivity contribution >= 4 is 23.8 Å². The maximum Gasteiger partial charge on any atom is 0.309 e. The Morgan fingerprint density at radius 2 is 1.74 bits per heavy atom. The normalized spacial score (nSPS) is 36.3. The maximum atomic E-state index is 14.2. The molecule has 0 spiro atoms. The molecule has 4 fully saturated rings. The number of hydrogen-bond donors (Lipinski definition) is 1. The number of carboxylic acids is 1. The molecule has 0 amide bonds. The van der Waals surface area contributed by atoms with E-state index < -0.39 is 22.8 Å². The van der Waals surface area contributed by atoms with E-state index in [2.05, 4.69) is 60.1 Å². The molecule has 1 aromatic carbocycles. The molecule has 1 N–H and O–H groups in total. The predicted octanol–water partition coefficient (Wildman–Crippen LogP) is 10.0. The lowest BCUT2D eigenvalue weighted by molar-refractivity contribution is -0.232. The SMILES string of the molecule is C=Cc1cccc(-c2nnc([C@@]34CC[C@]5(C)[C@H](CC[C@@H]6C7(C)CC[C@H](OC(=O)CC(C)(C)C(=O)O)C(C)(C)[C@@H]7CCC65C)C3=C(C(C)C)C(=O)C4)o2)c1. The van der Waals surface area contributed by atoms with Gasteiger partial charge in [0.1, 0.15) is 6.10 Å². The number of fused-ring (bicyclic) bond motifs is 7. The van der Waals surface area contributed by atoms with E-state index in [9.17, 15) is 19.5 Å². The second-order valence-electron chi connectivity index (χ2n) is 19.7. The maximum absolute atomic E-state index is 14.2. The van der Waals surface area contributed by atoms with Crippen LogP contribution in [0, 0.1) is 50.7 Å². The van der Waals surface area contributed by atoms with E-state index in [1.54, 1.807) is 13.8 Å². The van der Waals surface area contributed by atoms with Crippen LogP contribution < -0.4 is 0 Å². The molecular formula is C45H60N2O6. The lowest BCUT2D eigenvalue weighted by Crippen LogP contribution is -2.66. The highest BCUT2D eigenvalue weighted by atomic mass is 16.5. The van der Waals surface area contributed by atoms with E-state index in [1.165, 1.54) is 5.57 Å². The van der Waals surface area contributed by atoms with E-state index in [-0.39, 0.29) is 51.8 Å². The molecule has 2 aromatic rings. The molecule has 1 heterocycles. The number of allylic oxidation sites excluding steroid dienone is 2. The van der Waals surface area contributed by atoms with Gasteiger partial charge in [0.25, 0.3) is 0 Å². The summed E-state index contributed by atoms with van der Waals surface area (Å²) >= 11 is 0. The van der Waals surface area contributed by atoms with Gasteiger partial charge in [-0.15, -0.1) is 10.2 Å². The number of ketones is 1. The van der Waals surface area contributed by atoms with Crippen molar-refractivity contribution in [2.45, 2.75) is 138 Å². The summed E-state index contributed by atoms with van der Waals surface area (Å²) in [6.07, 6.45) is 9.61. The van der Waals surface area contributed by atoms with Crippen LogP contribution in [0.5, 0.6) is 0 Å². The molecule has 7 rings (SSSR count).